The van der Waals surface area contributed by atoms with Gasteiger partial charge in [-0.2, -0.15) is 23.5 Å². The first kappa shape index (κ1) is 21.9. The number of aromatic nitrogens is 2. The summed E-state index contributed by atoms with van der Waals surface area (Å²) in [7, 11) is 0. The minimum absolute atomic E-state index is 0.143. The number of hydrogen-bond donors (Lipinski definition) is 0. The molecule has 0 bridgehead atoms. The molecule has 0 radical (unpaired) electrons. The average molecular weight is 428 g/mol. The van der Waals surface area contributed by atoms with Crippen LogP contribution in [0.2, 0.25) is 0 Å². The molecule has 3 rings (SSSR count). The summed E-state index contributed by atoms with van der Waals surface area (Å²) >= 11 is 0. The van der Waals surface area contributed by atoms with Gasteiger partial charge in [0.15, 0.2) is 5.69 Å². The molecule has 0 fully saturated rings. The summed E-state index contributed by atoms with van der Waals surface area (Å²) in [6.07, 6.45) is -3.18. The van der Waals surface area contributed by atoms with Crippen LogP contribution in [0, 0.1) is 11.3 Å². The molecular weight excluding hydrogens is 409 g/mol. The molecule has 0 aliphatic rings. The van der Waals surface area contributed by atoms with Crippen molar-refractivity contribution in [1.82, 2.24) is 9.78 Å². The Morgan fingerprint density at radius 2 is 1.81 bits per heavy atom. The first-order valence-corrected chi connectivity index (χ1v) is 9.48. The third-order valence-corrected chi connectivity index (χ3v) is 4.41. The van der Waals surface area contributed by atoms with Gasteiger partial charge in [-0.05, 0) is 61.5 Å². The van der Waals surface area contributed by atoms with Crippen molar-refractivity contribution in [2.24, 2.45) is 0 Å². The number of carbonyl (C=O) groups is 1. The molecular formula is C22H19F3N4O2. The molecule has 160 valence electrons. The highest BCUT2D eigenvalue weighted by atomic mass is 19.4. The van der Waals surface area contributed by atoms with E-state index in [1.54, 1.807) is 24.3 Å². The van der Waals surface area contributed by atoms with Gasteiger partial charge in [0.2, 0.25) is 0 Å². The third kappa shape index (κ3) is 5.22. The molecule has 1 heterocycles. The summed E-state index contributed by atoms with van der Waals surface area (Å²) in [5.74, 6) is 0.336. The Labute approximate surface area is 177 Å². The predicted molar refractivity (Wildman–Crippen MR) is 108 cm³/mol. The van der Waals surface area contributed by atoms with Crippen molar-refractivity contribution in [2.45, 2.75) is 19.5 Å². The lowest BCUT2D eigenvalue weighted by atomic mass is 10.1. The Hall–Kier alpha value is -3.80. The minimum atomic E-state index is -4.53. The number of alkyl halides is 3. The second kappa shape index (κ2) is 9.34. The SMILES string of the molecule is CCOc1ccc(N(CCC#N)C(=O)c2ccc(-n3ccc(C(F)(F)F)n3)cc2)cc1. The Morgan fingerprint density at radius 3 is 2.35 bits per heavy atom. The summed E-state index contributed by atoms with van der Waals surface area (Å²) < 4.78 is 44.8. The summed E-state index contributed by atoms with van der Waals surface area (Å²) in [6.45, 7) is 2.58. The van der Waals surface area contributed by atoms with Crippen LogP contribution in [0.3, 0.4) is 0 Å². The van der Waals surface area contributed by atoms with E-state index >= 15 is 0 Å². The molecule has 1 aromatic heterocycles. The van der Waals surface area contributed by atoms with Crippen molar-refractivity contribution in [2.75, 3.05) is 18.1 Å². The van der Waals surface area contributed by atoms with E-state index in [0.717, 1.165) is 10.7 Å². The maximum Gasteiger partial charge on any atom is 0.435 e. The molecule has 1 amide bonds. The zero-order valence-corrected chi connectivity index (χ0v) is 16.6. The molecule has 0 saturated heterocycles. The Kier molecular flexibility index (Phi) is 6.60. The molecule has 3 aromatic rings. The molecule has 0 spiro atoms. The zero-order chi connectivity index (χ0) is 22.4. The second-order valence-corrected chi connectivity index (χ2v) is 6.48. The van der Waals surface area contributed by atoms with E-state index in [4.69, 9.17) is 10.00 Å². The lowest BCUT2D eigenvalue weighted by Gasteiger charge is -2.22. The van der Waals surface area contributed by atoms with E-state index in [1.165, 1.54) is 35.4 Å². The van der Waals surface area contributed by atoms with Crippen molar-refractivity contribution in [3.05, 3.63) is 72.1 Å². The normalized spacial score (nSPS) is 11.1. The quantitative estimate of drug-likeness (QED) is 0.539. The number of carbonyl (C=O) groups excluding carboxylic acids is 1. The fourth-order valence-electron chi connectivity index (χ4n) is 2.93. The van der Waals surface area contributed by atoms with Crippen molar-refractivity contribution < 1.29 is 22.7 Å². The average Bonchev–Trinajstić information content (AvgIpc) is 3.26. The van der Waals surface area contributed by atoms with Crippen LogP contribution >= 0.6 is 0 Å². The molecule has 0 aliphatic heterocycles. The fourth-order valence-corrected chi connectivity index (χ4v) is 2.93. The topological polar surface area (TPSA) is 71.2 Å². The minimum Gasteiger partial charge on any atom is -0.494 e. The smallest absolute Gasteiger partial charge is 0.435 e. The third-order valence-electron chi connectivity index (χ3n) is 4.41. The van der Waals surface area contributed by atoms with Crippen LogP contribution in [0.25, 0.3) is 5.69 Å². The van der Waals surface area contributed by atoms with Crippen LogP contribution in [-0.4, -0.2) is 28.8 Å². The number of amides is 1. The van der Waals surface area contributed by atoms with Gasteiger partial charge in [-0.25, -0.2) is 4.68 Å². The maximum absolute atomic E-state index is 13.1. The first-order valence-electron chi connectivity index (χ1n) is 9.48. The van der Waals surface area contributed by atoms with E-state index in [1.807, 2.05) is 13.0 Å². The molecule has 0 N–H and O–H groups in total. The summed E-state index contributed by atoms with van der Waals surface area (Å²) in [6, 6.07) is 15.9. The standard InChI is InChI=1S/C22H19F3N4O2/c1-2-31-19-10-8-17(9-11-19)28(14-3-13-26)21(30)16-4-6-18(7-5-16)29-15-12-20(27-29)22(23,24)25/h4-12,15H,2-3,14H2,1H3. The number of hydrogen-bond acceptors (Lipinski definition) is 4. The van der Waals surface area contributed by atoms with Gasteiger partial charge in [0.25, 0.3) is 5.91 Å². The highest BCUT2D eigenvalue weighted by Gasteiger charge is 2.33. The predicted octanol–water partition coefficient (Wildman–Crippen LogP) is 4.85. The number of benzene rings is 2. The number of nitriles is 1. The molecule has 0 unspecified atom stereocenters. The Morgan fingerprint density at radius 1 is 1.13 bits per heavy atom. The summed E-state index contributed by atoms with van der Waals surface area (Å²) in [4.78, 5) is 14.5. The number of halogens is 3. The molecule has 31 heavy (non-hydrogen) atoms. The van der Waals surface area contributed by atoms with E-state index < -0.39 is 11.9 Å². The highest BCUT2D eigenvalue weighted by Crippen LogP contribution is 2.28. The van der Waals surface area contributed by atoms with Crippen LogP contribution < -0.4 is 9.64 Å². The lowest BCUT2D eigenvalue weighted by molar-refractivity contribution is -0.141. The Bertz CT molecular complexity index is 1070. The zero-order valence-electron chi connectivity index (χ0n) is 16.6. The van der Waals surface area contributed by atoms with Crippen molar-refractivity contribution in [3.63, 3.8) is 0 Å². The van der Waals surface area contributed by atoms with Gasteiger partial charge in [0.05, 0.1) is 24.8 Å². The number of ether oxygens (including phenoxy) is 1. The van der Waals surface area contributed by atoms with Crippen LogP contribution in [0.4, 0.5) is 18.9 Å². The molecule has 6 nitrogen and oxygen atoms in total. The van der Waals surface area contributed by atoms with Crippen molar-refractivity contribution in [3.8, 4) is 17.5 Å². The molecule has 0 aliphatic carbocycles. The van der Waals surface area contributed by atoms with Gasteiger partial charge in [0, 0.05) is 24.0 Å². The number of nitrogens with zero attached hydrogens (tertiary/aromatic N) is 4. The summed E-state index contributed by atoms with van der Waals surface area (Å²) in [5.41, 5.74) is 0.330. The first-order chi connectivity index (χ1) is 14.8. The van der Waals surface area contributed by atoms with Crippen molar-refractivity contribution >= 4 is 11.6 Å². The van der Waals surface area contributed by atoms with E-state index in [9.17, 15) is 18.0 Å². The van der Waals surface area contributed by atoms with Gasteiger partial charge < -0.3 is 9.64 Å². The lowest BCUT2D eigenvalue weighted by Crippen LogP contribution is -2.31. The van der Waals surface area contributed by atoms with E-state index in [0.29, 0.717) is 29.3 Å². The molecule has 9 heteroatoms. The van der Waals surface area contributed by atoms with Gasteiger partial charge in [-0.1, -0.05) is 0 Å². The van der Waals surface area contributed by atoms with E-state index in [2.05, 4.69) is 5.10 Å². The second-order valence-electron chi connectivity index (χ2n) is 6.48. The number of rotatable bonds is 7. The molecule has 0 saturated carbocycles. The highest BCUT2D eigenvalue weighted by molar-refractivity contribution is 6.06. The molecule has 2 aromatic carbocycles. The van der Waals surface area contributed by atoms with E-state index in [-0.39, 0.29) is 18.9 Å². The van der Waals surface area contributed by atoms with Crippen LogP contribution in [0.1, 0.15) is 29.4 Å². The van der Waals surface area contributed by atoms with Crippen LogP contribution in [-0.2, 0) is 6.18 Å². The maximum atomic E-state index is 13.1. The van der Waals surface area contributed by atoms with Crippen LogP contribution in [0.15, 0.2) is 60.8 Å². The van der Waals surface area contributed by atoms with Gasteiger partial charge >= 0.3 is 6.18 Å². The van der Waals surface area contributed by atoms with Gasteiger partial charge in [-0.15, -0.1) is 0 Å². The fraction of sp³-hybridized carbons (Fsp3) is 0.227. The summed E-state index contributed by atoms with van der Waals surface area (Å²) in [5, 5.41) is 12.5. The van der Waals surface area contributed by atoms with Crippen LogP contribution in [0.5, 0.6) is 5.75 Å². The monoisotopic (exact) mass is 428 g/mol. The largest absolute Gasteiger partial charge is 0.494 e. The van der Waals surface area contributed by atoms with Gasteiger partial charge in [-0.3, -0.25) is 4.79 Å². The Balaban J connectivity index is 1.82. The van der Waals surface area contributed by atoms with Crippen molar-refractivity contribution in [1.29, 1.82) is 5.26 Å². The molecule has 0 atom stereocenters. The number of anilines is 1. The van der Waals surface area contributed by atoms with Gasteiger partial charge in [0.1, 0.15) is 5.75 Å².